The van der Waals surface area contributed by atoms with Crippen LogP contribution >= 0.6 is 11.8 Å². The highest BCUT2D eigenvalue weighted by Gasteiger charge is 2.09. The Balaban J connectivity index is 1.76. The molecule has 2 N–H and O–H groups in total. The third kappa shape index (κ3) is 7.10. The molecular weight excluding hydrogens is 371 g/mol. The van der Waals surface area contributed by atoms with Crippen LogP contribution in [0.15, 0.2) is 53.4 Å². The molecule has 2 rings (SSSR count). The number of benzene rings is 2. The van der Waals surface area contributed by atoms with Crippen molar-refractivity contribution in [1.82, 2.24) is 5.32 Å². The SMILES string of the molecule is COC(=O)CNC(=O)c1ccc(NC(=O)CCSc2ccc(F)cc2)cc1. The number of amides is 2. The number of anilines is 1. The van der Waals surface area contributed by atoms with Crippen molar-refractivity contribution in [2.45, 2.75) is 11.3 Å². The largest absolute Gasteiger partial charge is 0.468 e. The Morgan fingerprint density at radius 2 is 1.70 bits per heavy atom. The van der Waals surface area contributed by atoms with E-state index in [9.17, 15) is 18.8 Å². The predicted octanol–water partition coefficient (Wildman–Crippen LogP) is 2.85. The van der Waals surface area contributed by atoms with Crippen LogP contribution in [0.3, 0.4) is 0 Å². The molecule has 0 radical (unpaired) electrons. The van der Waals surface area contributed by atoms with Crippen molar-refractivity contribution in [2.24, 2.45) is 0 Å². The Labute approximate surface area is 160 Å². The van der Waals surface area contributed by atoms with E-state index >= 15 is 0 Å². The van der Waals surface area contributed by atoms with Crippen LogP contribution in [0.4, 0.5) is 10.1 Å². The lowest BCUT2D eigenvalue weighted by molar-refractivity contribution is -0.139. The fourth-order valence-corrected chi connectivity index (χ4v) is 2.90. The molecule has 142 valence electrons. The van der Waals surface area contributed by atoms with Crippen LogP contribution in [-0.4, -0.2) is 37.2 Å². The summed E-state index contributed by atoms with van der Waals surface area (Å²) in [5.41, 5.74) is 0.931. The lowest BCUT2D eigenvalue weighted by Crippen LogP contribution is -2.30. The minimum atomic E-state index is -0.536. The van der Waals surface area contributed by atoms with Crippen LogP contribution in [0.2, 0.25) is 0 Å². The molecule has 0 saturated carbocycles. The molecule has 2 aromatic carbocycles. The molecule has 0 spiro atoms. The summed E-state index contributed by atoms with van der Waals surface area (Å²) in [5.74, 6) is -0.836. The van der Waals surface area contributed by atoms with Gasteiger partial charge in [0.15, 0.2) is 0 Å². The first-order valence-corrected chi connectivity index (χ1v) is 9.10. The Morgan fingerprint density at radius 3 is 2.33 bits per heavy atom. The van der Waals surface area contributed by atoms with Gasteiger partial charge >= 0.3 is 5.97 Å². The number of ether oxygens (including phenoxy) is 1. The molecule has 27 heavy (non-hydrogen) atoms. The summed E-state index contributed by atoms with van der Waals surface area (Å²) in [6.07, 6.45) is 0.295. The van der Waals surface area contributed by atoms with E-state index in [1.807, 2.05) is 0 Å². The molecule has 0 aliphatic heterocycles. The minimum Gasteiger partial charge on any atom is -0.468 e. The molecule has 2 amide bonds. The number of esters is 1. The van der Waals surface area contributed by atoms with Gasteiger partial charge < -0.3 is 15.4 Å². The number of rotatable bonds is 8. The summed E-state index contributed by atoms with van der Waals surface area (Å²) in [7, 11) is 1.24. The molecule has 8 heteroatoms. The summed E-state index contributed by atoms with van der Waals surface area (Å²) < 4.78 is 17.3. The molecular formula is C19H19FN2O4S. The number of hydrogen-bond acceptors (Lipinski definition) is 5. The number of nitrogens with one attached hydrogen (secondary N) is 2. The van der Waals surface area contributed by atoms with Crippen LogP contribution in [0.25, 0.3) is 0 Å². The van der Waals surface area contributed by atoms with Gasteiger partial charge in [-0.3, -0.25) is 14.4 Å². The summed E-state index contributed by atoms with van der Waals surface area (Å²) in [6, 6.07) is 12.4. The Bertz CT molecular complexity index is 794. The fourth-order valence-electron chi connectivity index (χ4n) is 2.05. The first-order valence-electron chi connectivity index (χ1n) is 8.11. The second-order valence-electron chi connectivity index (χ2n) is 5.44. The van der Waals surface area contributed by atoms with Crippen molar-refractivity contribution >= 4 is 35.2 Å². The topological polar surface area (TPSA) is 84.5 Å². The van der Waals surface area contributed by atoms with Crippen LogP contribution in [-0.2, 0) is 14.3 Å². The van der Waals surface area contributed by atoms with Crippen molar-refractivity contribution in [3.63, 3.8) is 0 Å². The molecule has 0 fully saturated rings. The highest BCUT2D eigenvalue weighted by Crippen LogP contribution is 2.19. The average Bonchev–Trinajstić information content (AvgIpc) is 2.68. The van der Waals surface area contributed by atoms with Gasteiger partial charge in [0.25, 0.3) is 5.91 Å². The Morgan fingerprint density at radius 1 is 1.04 bits per heavy atom. The van der Waals surface area contributed by atoms with Gasteiger partial charge in [0, 0.05) is 28.3 Å². The lowest BCUT2D eigenvalue weighted by atomic mass is 10.2. The smallest absolute Gasteiger partial charge is 0.325 e. The van der Waals surface area contributed by atoms with Gasteiger partial charge in [0.1, 0.15) is 12.4 Å². The van der Waals surface area contributed by atoms with Crippen molar-refractivity contribution < 1.29 is 23.5 Å². The van der Waals surface area contributed by atoms with E-state index in [1.165, 1.54) is 31.0 Å². The van der Waals surface area contributed by atoms with E-state index in [1.54, 1.807) is 36.4 Å². The monoisotopic (exact) mass is 390 g/mol. The van der Waals surface area contributed by atoms with Gasteiger partial charge in [-0.15, -0.1) is 11.8 Å². The maximum atomic E-state index is 12.8. The maximum absolute atomic E-state index is 12.8. The molecule has 0 aliphatic rings. The molecule has 0 aliphatic carbocycles. The van der Waals surface area contributed by atoms with E-state index in [0.29, 0.717) is 23.4 Å². The van der Waals surface area contributed by atoms with E-state index in [4.69, 9.17) is 0 Å². The third-order valence-electron chi connectivity index (χ3n) is 3.46. The molecule has 6 nitrogen and oxygen atoms in total. The maximum Gasteiger partial charge on any atom is 0.325 e. The molecule has 0 bridgehead atoms. The molecule has 0 aromatic heterocycles. The highest BCUT2D eigenvalue weighted by atomic mass is 32.2. The van der Waals surface area contributed by atoms with Crippen molar-refractivity contribution in [1.29, 1.82) is 0 Å². The van der Waals surface area contributed by atoms with Crippen molar-refractivity contribution in [3.05, 3.63) is 59.9 Å². The number of methoxy groups -OCH3 is 1. The van der Waals surface area contributed by atoms with E-state index in [-0.39, 0.29) is 18.3 Å². The molecule has 0 saturated heterocycles. The predicted molar refractivity (Wildman–Crippen MR) is 101 cm³/mol. The van der Waals surface area contributed by atoms with E-state index < -0.39 is 11.9 Å². The Hall–Kier alpha value is -2.87. The summed E-state index contributed by atoms with van der Waals surface area (Å²) in [4.78, 5) is 35.7. The summed E-state index contributed by atoms with van der Waals surface area (Å²) >= 11 is 1.47. The lowest BCUT2D eigenvalue weighted by Gasteiger charge is -2.07. The fraction of sp³-hybridized carbons (Fsp3) is 0.211. The van der Waals surface area contributed by atoms with Gasteiger partial charge in [0.2, 0.25) is 5.91 Å². The van der Waals surface area contributed by atoms with Crippen molar-refractivity contribution in [2.75, 3.05) is 24.7 Å². The second-order valence-corrected chi connectivity index (χ2v) is 6.61. The molecule has 0 heterocycles. The number of carbonyl (C=O) groups excluding carboxylic acids is 3. The highest BCUT2D eigenvalue weighted by molar-refractivity contribution is 7.99. The quantitative estimate of drug-likeness (QED) is 0.535. The average molecular weight is 390 g/mol. The summed E-state index contributed by atoms with van der Waals surface area (Å²) in [5, 5.41) is 5.17. The van der Waals surface area contributed by atoms with Crippen LogP contribution in [0.1, 0.15) is 16.8 Å². The first-order chi connectivity index (χ1) is 13.0. The molecule has 0 unspecified atom stereocenters. The second kappa shape index (κ2) is 10.3. The number of halogens is 1. The zero-order valence-electron chi connectivity index (χ0n) is 14.7. The van der Waals surface area contributed by atoms with Crippen LogP contribution in [0.5, 0.6) is 0 Å². The van der Waals surface area contributed by atoms with E-state index in [2.05, 4.69) is 15.4 Å². The minimum absolute atomic E-state index is 0.160. The normalized spacial score (nSPS) is 10.1. The molecule has 2 aromatic rings. The van der Waals surface area contributed by atoms with Gasteiger partial charge in [-0.05, 0) is 48.5 Å². The Kier molecular flexibility index (Phi) is 7.81. The first kappa shape index (κ1) is 20.4. The van der Waals surface area contributed by atoms with Crippen molar-refractivity contribution in [3.8, 4) is 0 Å². The van der Waals surface area contributed by atoms with Gasteiger partial charge in [-0.2, -0.15) is 0 Å². The summed E-state index contributed by atoms with van der Waals surface area (Å²) in [6.45, 7) is -0.209. The zero-order chi connectivity index (χ0) is 19.6. The third-order valence-corrected chi connectivity index (χ3v) is 4.48. The standard InChI is InChI=1S/C19H19FN2O4S/c1-26-18(24)12-21-19(25)13-2-6-15(7-3-13)22-17(23)10-11-27-16-8-4-14(20)5-9-16/h2-9H,10-12H2,1H3,(H,21,25)(H,22,23). The zero-order valence-corrected chi connectivity index (χ0v) is 15.5. The number of hydrogen-bond donors (Lipinski definition) is 2. The van der Waals surface area contributed by atoms with Gasteiger partial charge in [0.05, 0.1) is 7.11 Å². The van der Waals surface area contributed by atoms with Crippen LogP contribution < -0.4 is 10.6 Å². The molecule has 0 atom stereocenters. The van der Waals surface area contributed by atoms with E-state index in [0.717, 1.165) is 4.90 Å². The van der Waals surface area contributed by atoms with Gasteiger partial charge in [-0.1, -0.05) is 0 Å². The number of carbonyl (C=O) groups is 3. The number of thioether (sulfide) groups is 1. The van der Waals surface area contributed by atoms with Crippen LogP contribution in [0, 0.1) is 5.82 Å². The van der Waals surface area contributed by atoms with Gasteiger partial charge in [-0.25, -0.2) is 4.39 Å².